The van der Waals surface area contributed by atoms with E-state index in [1.807, 2.05) is 31.2 Å². The Morgan fingerprint density at radius 1 is 1.23 bits per heavy atom. The summed E-state index contributed by atoms with van der Waals surface area (Å²) in [7, 11) is 0. The molecule has 1 aliphatic rings. The number of aryl methyl sites for hydroxylation is 1. The van der Waals surface area contributed by atoms with Gasteiger partial charge in [-0.15, -0.1) is 0 Å². The van der Waals surface area contributed by atoms with E-state index in [0.29, 0.717) is 11.3 Å². The molecular weight excluding hydrogens is 353 g/mol. The normalized spacial score (nSPS) is 16.4. The Morgan fingerprint density at radius 2 is 1.92 bits per heavy atom. The van der Waals surface area contributed by atoms with E-state index in [1.54, 1.807) is 19.1 Å². The van der Waals surface area contributed by atoms with Crippen LogP contribution in [0.5, 0.6) is 0 Å². The van der Waals surface area contributed by atoms with Gasteiger partial charge in [0.05, 0.1) is 36.9 Å². The molecule has 1 amide bonds. The molecule has 0 bridgehead atoms. The highest BCUT2D eigenvalue weighted by atomic mass is 35.5. The third kappa shape index (κ3) is 4.17. The summed E-state index contributed by atoms with van der Waals surface area (Å²) < 4.78 is 13.6. The number of rotatable bonds is 4. The summed E-state index contributed by atoms with van der Waals surface area (Å²) in [5.74, 6) is -0.398. The minimum atomic E-state index is -0.309. The first-order chi connectivity index (χ1) is 12.5. The first kappa shape index (κ1) is 18.7. The van der Waals surface area contributed by atoms with E-state index in [4.69, 9.17) is 11.6 Å². The summed E-state index contributed by atoms with van der Waals surface area (Å²) >= 11 is 6.28. The van der Waals surface area contributed by atoms with Crippen molar-refractivity contribution in [3.63, 3.8) is 0 Å². The fourth-order valence-electron chi connectivity index (χ4n) is 3.28. The second-order valence-electron chi connectivity index (χ2n) is 6.77. The predicted molar refractivity (Wildman–Crippen MR) is 104 cm³/mol. The number of nitrogens with one attached hydrogen (secondary N) is 2. The van der Waals surface area contributed by atoms with Crippen LogP contribution in [0.4, 0.5) is 15.8 Å². The molecule has 3 rings (SSSR count). The Kier molecular flexibility index (Phi) is 5.79. The fraction of sp³-hybridized carbons (Fsp3) is 0.350. The monoisotopic (exact) mass is 376 g/mol. The number of amides is 1. The summed E-state index contributed by atoms with van der Waals surface area (Å²) in [6.07, 6.45) is 0. The third-order valence-electron chi connectivity index (χ3n) is 5.04. The van der Waals surface area contributed by atoms with Crippen molar-refractivity contribution in [3.8, 4) is 0 Å². The Bertz CT molecular complexity index is 790. The highest BCUT2D eigenvalue weighted by molar-refractivity contribution is 6.33. The highest BCUT2D eigenvalue weighted by Crippen LogP contribution is 2.24. The number of carbonyl (C=O) groups is 1. The van der Waals surface area contributed by atoms with Gasteiger partial charge in [0.1, 0.15) is 5.82 Å². The van der Waals surface area contributed by atoms with Crippen LogP contribution in [0.15, 0.2) is 42.5 Å². The van der Waals surface area contributed by atoms with Crippen LogP contribution in [0.1, 0.15) is 12.5 Å². The molecule has 138 valence electrons. The van der Waals surface area contributed by atoms with E-state index >= 15 is 0 Å². The van der Waals surface area contributed by atoms with E-state index < -0.39 is 0 Å². The van der Waals surface area contributed by atoms with Gasteiger partial charge in [-0.25, -0.2) is 4.39 Å². The van der Waals surface area contributed by atoms with Gasteiger partial charge in [0.25, 0.3) is 5.91 Å². The Balaban J connectivity index is 1.57. The van der Waals surface area contributed by atoms with Crippen LogP contribution in [0.3, 0.4) is 0 Å². The minimum absolute atomic E-state index is 0.0885. The number of nitrogens with zero attached hydrogens (tertiary/aromatic N) is 1. The second-order valence-corrected chi connectivity index (χ2v) is 7.18. The molecule has 1 aliphatic heterocycles. The lowest BCUT2D eigenvalue weighted by molar-refractivity contribution is -0.914. The van der Waals surface area contributed by atoms with Gasteiger partial charge in [0.15, 0.2) is 6.04 Å². The standard InChI is InChI=1S/C20H23ClFN3O/c1-14-7-8-16(13-18(14)22)23-20(26)15(2)24-9-11-25(12-10-24)19-6-4-3-5-17(19)21/h3-8,13,15H,9-12H2,1-2H3,(H,23,26)/p+1/t15-/m1/s1. The molecule has 6 heteroatoms. The Morgan fingerprint density at radius 3 is 2.58 bits per heavy atom. The zero-order valence-electron chi connectivity index (χ0n) is 15.1. The minimum Gasteiger partial charge on any atom is -0.359 e. The molecule has 0 saturated carbocycles. The average Bonchev–Trinajstić information content (AvgIpc) is 2.65. The molecule has 26 heavy (non-hydrogen) atoms. The number of piperazine rings is 1. The van der Waals surface area contributed by atoms with Crippen LogP contribution in [0, 0.1) is 12.7 Å². The molecule has 4 nitrogen and oxygen atoms in total. The summed E-state index contributed by atoms with van der Waals surface area (Å²) in [6.45, 7) is 7.00. The van der Waals surface area contributed by atoms with Crippen LogP contribution in [-0.2, 0) is 4.79 Å². The largest absolute Gasteiger partial charge is 0.359 e. The van der Waals surface area contributed by atoms with Crippen molar-refractivity contribution in [1.29, 1.82) is 0 Å². The fourth-order valence-corrected chi connectivity index (χ4v) is 3.54. The number of anilines is 2. The molecular formula is C20H24ClFN3O+. The van der Waals surface area contributed by atoms with E-state index in [2.05, 4.69) is 10.2 Å². The first-order valence-electron chi connectivity index (χ1n) is 8.87. The van der Waals surface area contributed by atoms with Crippen molar-refractivity contribution in [1.82, 2.24) is 0 Å². The van der Waals surface area contributed by atoms with Crippen LogP contribution < -0.4 is 15.1 Å². The molecule has 2 N–H and O–H groups in total. The Labute approximate surface area is 158 Å². The lowest BCUT2D eigenvalue weighted by atomic mass is 10.1. The van der Waals surface area contributed by atoms with Crippen molar-refractivity contribution in [3.05, 3.63) is 58.9 Å². The smallest absolute Gasteiger partial charge is 0.282 e. The van der Waals surface area contributed by atoms with Gasteiger partial charge in [-0.3, -0.25) is 4.79 Å². The van der Waals surface area contributed by atoms with Gasteiger partial charge < -0.3 is 15.1 Å². The van der Waals surface area contributed by atoms with Crippen LogP contribution >= 0.6 is 11.6 Å². The molecule has 0 radical (unpaired) electrons. The van der Waals surface area contributed by atoms with Gasteiger partial charge >= 0.3 is 0 Å². The van der Waals surface area contributed by atoms with Gasteiger partial charge in [-0.05, 0) is 43.7 Å². The third-order valence-corrected chi connectivity index (χ3v) is 5.36. The topological polar surface area (TPSA) is 36.8 Å². The number of quaternary nitrogens is 1. The molecule has 2 aromatic rings. The number of halogens is 2. The molecule has 2 aromatic carbocycles. The van der Waals surface area contributed by atoms with E-state index in [1.165, 1.54) is 11.0 Å². The Hall–Kier alpha value is -2.11. The van der Waals surface area contributed by atoms with Crippen molar-refractivity contribution >= 4 is 28.9 Å². The number of hydrogen-bond donors (Lipinski definition) is 2. The van der Waals surface area contributed by atoms with E-state index in [9.17, 15) is 9.18 Å². The second kappa shape index (κ2) is 8.06. The van der Waals surface area contributed by atoms with Gasteiger partial charge in [0, 0.05) is 5.69 Å². The van der Waals surface area contributed by atoms with Gasteiger partial charge in [-0.2, -0.15) is 0 Å². The maximum Gasteiger partial charge on any atom is 0.282 e. The molecule has 0 aliphatic carbocycles. The van der Waals surface area contributed by atoms with Crippen molar-refractivity contribution < 1.29 is 14.1 Å². The van der Waals surface area contributed by atoms with Crippen LogP contribution in [0.25, 0.3) is 0 Å². The number of hydrogen-bond acceptors (Lipinski definition) is 2. The van der Waals surface area contributed by atoms with E-state index in [-0.39, 0.29) is 17.8 Å². The van der Waals surface area contributed by atoms with Crippen LogP contribution in [0.2, 0.25) is 5.02 Å². The zero-order chi connectivity index (χ0) is 18.7. The molecule has 1 saturated heterocycles. The highest BCUT2D eigenvalue weighted by Gasteiger charge is 2.29. The number of para-hydroxylation sites is 1. The summed E-state index contributed by atoms with van der Waals surface area (Å²) in [5, 5.41) is 3.58. The molecule has 1 heterocycles. The quantitative estimate of drug-likeness (QED) is 0.860. The maximum absolute atomic E-state index is 13.6. The zero-order valence-corrected chi connectivity index (χ0v) is 15.8. The molecule has 1 atom stereocenters. The first-order valence-corrected chi connectivity index (χ1v) is 9.24. The van der Waals surface area contributed by atoms with E-state index in [0.717, 1.165) is 36.9 Å². The van der Waals surface area contributed by atoms with Crippen LogP contribution in [-0.4, -0.2) is 38.1 Å². The summed E-state index contributed by atoms with van der Waals surface area (Å²) in [6, 6.07) is 12.4. The molecule has 1 fully saturated rings. The lowest BCUT2D eigenvalue weighted by Gasteiger charge is -2.36. The van der Waals surface area contributed by atoms with Crippen molar-refractivity contribution in [2.75, 3.05) is 36.4 Å². The van der Waals surface area contributed by atoms with Gasteiger partial charge in [-0.1, -0.05) is 29.8 Å². The number of carbonyl (C=O) groups excluding carboxylic acids is 1. The summed E-state index contributed by atoms with van der Waals surface area (Å²) in [5.41, 5.74) is 2.11. The summed E-state index contributed by atoms with van der Waals surface area (Å²) in [4.78, 5) is 16.0. The number of benzene rings is 2. The average molecular weight is 377 g/mol. The lowest BCUT2D eigenvalue weighted by Crippen LogP contribution is -3.19. The maximum atomic E-state index is 13.6. The van der Waals surface area contributed by atoms with Crippen molar-refractivity contribution in [2.24, 2.45) is 0 Å². The SMILES string of the molecule is Cc1ccc(NC(=O)[C@@H](C)[NH+]2CCN(c3ccccc3Cl)CC2)cc1F. The molecule has 0 spiro atoms. The molecule has 0 aromatic heterocycles. The predicted octanol–water partition coefficient (Wildman–Crippen LogP) is 2.52. The van der Waals surface area contributed by atoms with Crippen molar-refractivity contribution in [2.45, 2.75) is 19.9 Å². The molecule has 0 unspecified atom stereocenters. The van der Waals surface area contributed by atoms with Gasteiger partial charge in [0.2, 0.25) is 0 Å².